The Kier molecular flexibility index (Phi) is 1.32. The van der Waals surface area contributed by atoms with E-state index in [1.54, 1.807) is 0 Å². The van der Waals surface area contributed by atoms with Crippen molar-refractivity contribution in [3.8, 4) is 0 Å². The zero-order chi connectivity index (χ0) is 3.54. The first kappa shape index (κ1) is 3.66. The quantitative estimate of drug-likeness (QED) is 0.431. The second kappa shape index (κ2) is 1.80. The summed E-state index contributed by atoms with van der Waals surface area (Å²) >= 11 is 0.986. The monoisotopic (exact) mass is 148 g/mol. The van der Waals surface area contributed by atoms with Crippen LogP contribution < -0.4 is 0 Å². The van der Waals surface area contributed by atoms with E-state index in [1.807, 2.05) is 0 Å². The summed E-state index contributed by atoms with van der Waals surface area (Å²) in [6.07, 6.45) is 2.28. The Labute approximate surface area is 40.1 Å². The van der Waals surface area contributed by atoms with E-state index < -0.39 is 0 Å². The van der Waals surface area contributed by atoms with E-state index in [0.29, 0.717) is 0 Å². The van der Waals surface area contributed by atoms with Gasteiger partial charge >= 0.3 is 39.5 Å². The van der Waals surface area contributed by atoms with E-state index in [2.05, 4.69) is 11.8 Å². The van der Waals surface area contributed by atoms with Gasteiger partial charge in [-0.1, -0.05) is 0 Å². The number of hydrogen-bond acceptors (Lipinski definition) is 0. The van der Waals surface area contributed by atoms with Gasteiger partial charge in [-0.3, -0.25) is 0 Å². The van der Waals surface area contributed by atoms with Crippen LogP contribution in [0.1, 0.15) is 0 Å². The van der Waals surface area contributed by atoms with Gasteiger partial charge in [0.05, 0.1) is 0 Å². The molecule has 0 N–H and O–H groups in total. The van der Waals surface area contributed by atoms with E-state index in [1.165, 1.54) is 13.4 Å². The Bertz CT molecular complexity index is 44.9. The molecule has 0 spiro atoms. The molecule has 1 rings (SSSR count). The molecule has 26 valence electrons. The Balaban J connectivity index is 2.32. The first-order chi connectivity index (χ1) is 2.50. The molecule has 0 aromatic heterocycles. The Morgan fingerprint density at radius 3 is 3.00 bits per heavy atom. The molecule has 0 saturated heterocycles. The van der Waals surface area contributed by atoms with E-state index in [0.717, 1.165) is 14.3 Å². The predicted molar refractivity (Wildman–Crippen MR) is 25.5 cm³/mol. The first-order valence-electron chi connectivity index (χ1n) is 1.52. The van der Waals surface area contributed by atoms with Gasteiger partial charge < -0.3 is 0 Å². The maximum atomic E-state index is 2.29. The number of allylic oxidation sites excluding steroid dienone is 1. The third-order valence-electron chi connectivity index (χ3n) is 0.449. The molecule has 0 amide bonds. The molecule has 2 radical (unpaired) electrons. The molecule has 0 unspecified atom stereocenters. The van der Waals surface area contributed by atoms with Gasteiger partial charge in [-0.25, -0.2) is 0 Å². The molecule has 1 aliphatic heterocycles. The van der Waals surface area contributed by atoms with Crippen LogP contribution in [0.3, 0.4) is 0 Å². The van der Waals surface area contributed by atoms with Crippen molar-refractivity contribution in [3.63, 3.8) is 0 Å². The van der Waals surface area contributed by atoms with Crippen LogP contribution in [0.2, 0.25) is 5.32 Å². The van der Waals surface area contributed by atoms with Crippen LogP contribution in [0.25, 0.3) is 0 Å². The third kappa shape index (κ3) is 0.915. The van der Waals surface area contributed by atoms with Gasteiger partial charge in [0.1, 0.15) is 0 Å². The first-order valence-corrected chi connectivity index (χ1v) is 6.29. The van der Waals surface area contributed by atoms with Crippen LogP contribution in [0, 0.1) is 0 Å². The summed E-state index contributed by atoms with van der Waals surface area (Å²) in [5.41, 5.74) is 2.29. The SMILES string of the molecule is C1=C[Si][Se]C1. The van der Waals surface area contributed by atoms with Crippen LogP contribution in [-0.2, 0) is 0 Å². The fraction of sp³-hybridized carbons (Fsp3) is 0.333. The third-order valence-corrected chi connectivity index (χ3v) is 4.51. The van der Waals surface area contributed by atoms with Crippen molar-refractivity contribution < 1.29 is 0 Å². The van der Waals surface area contributed by atoms with Crippen molar-refractivity contribution >= 4 is 22.4 Å². The molecule has 2 heteroatoms. The molecule has 0 nitrogen and oxygen atoms in total. The Morgan fingerprint density at radius 2 is 2.80 bits per heavy atom. The summed E-state index contributed by atoms with van der Waals surface area (Å²) in [6.45, 7) is 0. The molecule has 1 heterocycles. The van der Waals surface area contributed by atoms with E-state index in [9.17, 15) is 0 Å². The van der Waals surface area contributed by atoms with Gasteiger partial charge in [0.2, 0.25) is 0 Å². The van der Waals surface area contributed by atoms with Gasteiger partial charge in [0, 0.05) is 0 Å². The van der Waals surface area contributed by atoms with E-state index in [-0.39, 0.29) is 0 Å². The van der Waals surface area contributed by atoms with Gasteiger partial charge in [-0.2, -0.15) is 0 Å². The van der Waals surface area contributed by atoms with Gasteiger partial charge in [-0.15, -0.1) is 0 Å². The molecule has 0 aromatic carbocycles. The molecule has 0 bridgehead atoms. The van der Waals surface area contributed by atoms with E-state index in [4.69, 9.17) is 0 Å². The topological polar surface area (TPSA) is 0 Å². The van der Waals surface area contributed by atoms with Crippen molar-refractivity contribution in [1.82, 2.24) is 0 Å². The van der Waals surface area contributed by atoms with Crippen LogP contribution in [-0.4, -0.2) is 22.4 Å². The Morgan fingerprint density at radius 1 is 1.80 bits per heavy atom. The molecule has 5 heavy (non-hydrogen) atoms. The van der Waals surface area contributed by atoms with Crippen molar-refractivity contribution in [2.24, 2.45) is 0 Å². The van der Waals surface area contributed by atoms with Crippen LogP contribution >= 0.6 is 0 Å². The average Bonchev–Trinajstić information content (AvgIpc) is 1.76. The summed E-state index contributed by atoms with van der Waals surface area (Å²) in [5.74, 6) is 0. The molecule has 0 atom stereocenters. The minimum absolute atomic E-state index is 0.986. The van der Waals surface area contributed by atoms with Crippen LogP contribution in [0.15, 0.2) is 11.8 Å². The normalized spacial score (nSPS) is 20.8. The van der Waals surface area contributed by atoms with Gasteiger partial charge in [-0.05, 0) is 0 Å². The van der Waals surface area contributed by atoms with E-state index >= 15 is 0 Å². The van der Waals surface area contributed by atoms with Crippen LogP contribution in [0.5, 0.6) is 0 Å². The van der Waals surface area contributed by atoms with Crippen molar-refractivity contribution in [2.45, 2.75) is 5.32 Å². The maximum absolute atomic E-state index is 2.29. The number of rotatable bonds is 0. The second-order valence-corrected chi connectivity index (χ2v) is 5.69. The predicted octanol–water partition coefficient (Wildman–Crippen LogP) is 0.255. The van der Waals surface area contributed by atoms with Crippen LogP contribution in [0.4, 0.5) is 0 Å². The van der Waals surface area contributed by atoms with Gasteiger partial charge in [0.25, 0.3) is 0 Å². The summed E-state index contributed by atoms with van der Waals surface area (Å²) in [6, 6.07) is 0. The van der Waals surface area contributed by atoms with Crippen molar-refractivity contribution in [2.75, 3.05) is 0 Å². The standard InChI is InChI=1S/C3H4SeSi/c1-2-4-5-3-1/h1,3H,2H2. The number of hydrogen-bond donors (Lipinski definition) is 0. The fourth-order valence-electron chi connectivity index (χ4n) is 0.241. The second-order valence-electron chi connectivity index (χ2n) is 0.831. The molecular formula is C3H4SeSi. The summed E-state index contributed by atoms with van der Waals surface area (Å²) in [5, 5.41) is 1.39. The molecule has 1 aliphatic rings. The summed E-state index contributed by atoms with van der Waals surface area (Å²) in [4.78, 5) is 0. The molecule has 0 aromatic rings. The zero-order valence-electron chi connectivity index (χ0n) is 2.77. The summed E-state index contributed by atoms with van der Waals surface area (Å²) in [7, 11) is 1.19. The van der Waals surface area contributed by atoms with Crippen molar-refractivity contribution in [3.05, 3.63) is 11.8 Å². The Hall–Kier alpha value is 0.476. The van der Waals surface area contributed by atoms with Gasteiger partial charge in [0.15, 0.2) is 0 Å². The fourth-order valence-corrected chi connectivity index (χ4v) is 3.75. The minimum atomic E-state index is 0.986. The van der Waals surface area contributed by atoms with Crippen molar-refractivity contribution in [1.29, 1.82) is 0 Å². The summed E-state index contributed by atoms with van der Waals surface area (Å²) < 4.78 is 0. The average molecular weight is 147 g/mol. The molecule has 0 fully saturated rings. The zero-order valence-corrected chi connectivity index (χ0v) is 5.48. The molecule has 0 saturated carbocycles. The molecule has 0 aliphatic carbocycles. The molecular weight excluding hydrogens is 143 g/mol.